The SMILES string of the molecule is Cc1c(-c2ccccc2)cnn1C1CCCN(C(=O)OC(C)(C)C)C1. The van der Waals surface area contributed by atoms with Crippen LogP contribution in [0.25, 0.3) is 11.1 Å². The van der Waals surface area contributed by atoms with E-state index in [4.69, 9.17) is 4.74 Å². The van der Waals surface area contributed by atoms with E-state index in [2.05, 4.69) is 28.8 Å². The number of ether oxygens (including phenoxy) is 1. The van der Waals surface area contributed by atoms with Crippen LogP contribution in [0.4, 0.5) is 4.79 Å². The van der Waals surface area contributed by atoms with E-state index < -0.39 is 5.60 Å². The summed E-state index contributed by atoms with van der Waals surface area (Å²) in [5.41, 5.74) is 3.00. The molecule has 0 spiro atoms. The van der Waals surface area contributed by atoms with Crippen LogP contribution in [0, 0.1) is 6.92 Å². The van der Waals surface area contributed by atoms with Gasteiger partial charge >= 0.3 is 6.09 Å². The molecule has 1 fully saturated rings. The van der Waals surface area contributed by atoms with Gasteiger partial charge in [-0.2, -0.15) is 5.10 Å². The molecule has 1 aliphatic rings. The van der Waals surface area contributed by atoms with Gasteiger partial charge in [-0.3, -0.25) is 4.68 Å². The van der Waals surface area contributed by atoms with Gasteiger partial charge in [-0.15, -0.1) is 0 Å². The third-order valence-corrected chi connectivity index (χ3v) is 4.52. The maximum atomic E-state index is 12.4. The van der Waals surface area contributed by atoms with Crippen LogP contribution in [-0.4, -0.2) is 39.5 Å². The zero-order chi connectivity index (χ0) is 18.0. The molecular formula is C20H27N3O2. The Labute approximate surface area is 149 Å². The molecule has 5 heteroatoms. The molecule has 0 N–H and O–H groups in total. The number of carbonyl (C=O) groups is 1. The lowest BCUT2D eigenvalue weighted by molar-refractivity contribution is 0.0166. The van der Waals surface area contributed by atoms with Gasteiger partial charge in [-0.25, -0.2) is 4.79 Å². The summed E-state index contributed by atoms with van der Waals surface area (Å²) >= 11 is 0. The lowest BCUT2D eigenvalue weighted by Gasteiger charge is -2.34. The molecule has 2 aromatic rings. The number of piperidine rings is 1. The summed E-state index contributed by atoms with van der Waals surface area (Å²) in [6, 6.07) is 10.5. The zero-order valence-corrected chi connectivity index (χ0v) is 15.5. The summed E-state index contributed by atoms with van der Waals surface area (Å²) in [4.78, 5) is 14.2. The number of benzene rings is 1. The molecule has 3 rings (SSSR count). The summed E-state index contributed by atoms with van der Waals surface area (Å²) in [7, 11) is 0. The van der Waals surface area contributed by atoms with Crippen molar-refractivity contribution >= 4 is 6.09 Å². The lowest BCUT2D eigenvalue weighted by Crippen LogP contribution is -2.43. The van der Waals surface area contributed by atoms with Crippen molar-refractivity contribution in [1.82, 2.24) is 14.7 Å². The van der Waals surface area contributed by atoms with Gasteiger partial charge in [-0.1, -0.05) is 30.3 Å². The van der Waals surface area contributed by atoms with E-state index in [1.165, 1.54) is 5.56 Å². The van der Waals surface area contributed by atoms with Gasteiger partial charge in [0.25, 0.3) is 0 Å². The minimum absolute atomic E-state index is 0.193. The molecule has 1 aromatic heterocycles. The Hall–Kier alpha value is -2.30. The van der Waals surface area contributed by atoms with E-state index in [9.17, 15) is 4.79 Å². The maximum absolute atomic E-state index is 12.4. The fraction of sp³-hybridized carbons (Fsp3) is 0.500. The van der Waals surface area contributed by atoms with Crippen molar-refractivity contribution in [2.24, 2.45) is 0 Å². The Kier molecular flexibility index (Phi) is 4.84. The summed E-state index contributed by atoms with van der Waals surface area (Å²) in [5, 5.41) is 4.62. The molecule has 1 aliphatic heterocycles. The fourth-order valence-corrected chi connectivity index (χ4v) is 3.34. The first-order valence-electron chi connectivity index (χ1n) is 8.92. The predicted molar refractivity (Wildman–Crippen MR) is 98.5 cm³/mol. The monoisotopic (exact) mass is 341 g/mol. The predicted octanol–water partition coefficient (Wildman–Crippen LogP) is 4.43. The van der Waals surface area contributed by atoms with Crippen molar-refractivity contribution in [2.45, 2.75) is 52.2 Å². The molecule has 1 unspecified atom stereocenters. The van der Waals surface area contributed by atoms with E-state index in [1.54, 1.807) is 0 Å². The first-order valence-corrected chi connectivity index (χ1v) is 8.92. The van der Waals surface area contributed by atoms with Crippen LogP contribution in [0.3, 0.4) is 0 Å². The number of rotatable bonds is 2. The van der Waals surface area contributed by atoms with Gasteiger partial charge < -0.3 is 9.64 Å². The van der Waals surface area contributed by atoms with Crippen LogP contribution in [0.5, 0.6) is 0 Å². The third kappa shape index (κ3) is 4.03. The topological polar surface area (TPSA) is 47.4 Å². The first kappa shape index (κ1) is 17.5. The molecule has 1 amide bonds. The lowest BCUT2D eigenvalue weighted by atomic mass is 10.0. The van der Waals surface area contributed by atoms with Crippen molar-refractivity contribution in [3.05, 3.63) is 42.2 Å². The molecule has 25 heavy (non-hydrogen) atoms. The number of likely N-dealkylation sites (tertiary alicyclic amines) is 1. The van der Waals surface area contributed by atoms with E-state index >= 15 is 0 Å². The summed E-state index contributed by atoms with van der Waals surface area (Å²) in [6.45, 7) is 9.19. The van der Waals surface area contributed by atoms with Crippen molar-refractivity contribution < 1.29 is 9.53 Å². The normalized spacial score (nSPS) is 18.2. The fourth-order valence-electron chi connectivity index (χ4n) is 3.34. The molecule has 0 saturated carbocycles. The summed E-state index contributed by atoms with van der Waals surface area (Å²) in [6.07, 6.45) is 3.68. The van der Waals surface area contributed by atoms with Crippen molar-refractivity contribution in [3.8, 4) is 11.1 Å². The number of hydrogen-bond donors (Lipinski definition) is 0. The standard InChI is InChI=1S/C20H27N3O2/c1-15-18(16-9-6-5-7-10-16)13-21-23(15)17-11-8-12-22(14-17)19(24)25-20(2,3)4/h5-7,9-10,13,17H,8,11-12,14H2,1-4H3. The Morgan fingerprint density at radius 1 is 1.24 bits per heavy atom. The van der Waals surface area contributed by atoms with Gasteiger partial charge in [0.05, 0.1) is 12.2 Å². The molecule has 0 bridgehead atoms. The Morgan fingerprint density at radius 3 is 2.64 bits per heavy atom. The smallest absolute Gasteiger partial charge is 0.410 e. The average molecular weight is 341 g/mol. The molecule has 2 heterocycles. The van der Waals surface area contributed by atoms with Gasteiger partial charge in [0.1, 0.15) is 5.60 Å². The van der Waals surface area contributed by atoms with Gasteiger partial charge in [0, 0.05) is 24.3 Å². The molecule has 0 radical (unpaired) electrons. The maximum Gasteiger partial charge on any atom is 0.410 e. The van der Waals surface area contributed by atoms with Gasteiger partial charge in [-0.05, 0) is 46.1 Å². The number of carbonyl (C=O) groups excluding carboxylic acids is 1. The highest BCUT2D eigenvalue weighted by Crippen LogP contribution is 2.29. The number of hydrogen-bond acceptors (Lipinski definition) is 3. The minimum atomic E-state index is -0.466. The van der Waals surface area contributed by atoms with Crippen LogP contribution < -0.4 is 0 Å². The molecule has 1 aromatic carbocycles. The summed E-state index contributed by atoms with van der Waals surface area (Å²) < 4.78 is 7.59. The third-order valence-electron chi connectivity index (χ3n) is 4.52. The largest absolute Gasteiger partial charge is 0.444 e. The van der Waals surface area contributed by atoms with E-state index in [-0.39, 0.29) is 12.1 Å². The number of aromatic nitrogens is 2. The first-order chi connectivity index (χ1) is 11.8. The number of amides is 1. The molecule has 5 nitrogen and oxygen atoms in total. The van der Waals surface area contributed by atoms with Gasteiger partial charge in [0.15, 0.2) is 0 Å². The molecule has 1 saturated heterocycles. The molecule has 0 aliphatic carbocycles. The zero-order valence-electron chi connectivity index (χ0n) is 15.5. The van der Waals surface area contributed by atoms with Crippen molar-refractivity contribution in [1.29, 1.82) is 0 Å². The van der Waals surface area contributed by atoms with Crippen molar-refractivity contribution in [3.63, 3.8) is 0 Å². The van der Waals surface area contributed by atoms with E-state index in [1.807, 2.05) is 50.1 Å². The van der Waals surface area contributed by atoms with Crippen molar-refractivity contribution in [2.75, 3.05) is 13.1 Å². The second kappa shape index (κ2) is 6.90. The van der Waals surface area contributed by atoms with Crippen LogP contribution in [0.15, 0.2) is 36.5 Å². The summed E-state index contributed by atoms with van der Waals surface area (Å²) in [5.74, 6) is 0. The van der Waals surface area contributed by atoms with Crippen LogP contribution >= 0.6 is 0 Å². The van der Waals surface area contributed by atoms with E-state index in [0.717, 1.165) is 30.6 Å². The Morgan fingerprint density at radius 2 is 1.96 bits per heavy atom. The highest BCUT2D eigenvalue weighted by atomic mass is 16.6. The van der Waals surface area contributed by atoms with Gasteiger partial charge in [0.2, 0.25) is 0 Å². The molecule has 134 valence electrons. The quantitative estimate of drug-likeness (QED) is 0.812. The minimum Gasteiger partial charge on any atom is -0.444 e. The molecular weight excluding hydrogens is 314 g/mol. The number of nitrogens with zero attached hydrogens (tertiary/aromatic N) is 3. The highest BCUT2D eigenvalue weighted by molar-refractivity contribution is 5.68. The van der Waals surface area contributed by atoms with Crippen LogP contribution in [0.2, 0.25) is 0 Å². The highest BCUT2D eigenvalue weighted by Gasteiger charge is 2.29. The average Bonchev–Trinajstić information content (AvgIpc) is 2.96. The van der Waals surface area contributed by atoms with Crippen LogP contribution in [0.1, 0.15) is 45.3 Å². The van der Waals surface area contributed by atoms with E-state index in [0.29, 0.717) is 6.54 Å². The second-order valence-corrected chi connectivity index (χ2v) is 7.68. The van der Waals surface area contributed by atoms with Crippen LogP contribution in [-0.2, 0) is 4.74 Å². The second-order valence-electron chi connectivity index (χ2n) is 7.68. The Balaban J connectivity index is 1.76. The Bertz CT molecular complexity index is 731. The molecule has 1 atom stereocenters.